The summed E-state index contributed by atoms with van der Waals surface area (Å²) in [6, 6.07) is 11.2. The molecule has 1 heterocycles. The number of rotatable bonds is 1. The van der Waals surface area contributed by atoms with Crippen LogP contribution in [0, 0.1) is 5.92 Å². The largest absolute Gasteiger partial charge is 0.285 e. The van der Waals surface area contributed by atoms with Crippen molar-refractivity contribution in [1.29, 1.82) is 0 Å². The summed E-state index contributed by atoms with van der Waals surface area (Å²) >= 11 is 0. The molecule has 0 aromatic heterocycles. The Morgan fingerprint density at radius 3 is 2.60 bits per heavy atom. The highest BCUT2D eigenvalue weighted by molar-refractivity contribution is 6.02. The molecule has 0 amide bonds. The van der Waals surface area contributed by atoms with E-state index in [1.165, 1.54) is 24.1 Å². The predicted molar refractivity (Wildman–Crippen MR) is 63.2 cm³/mol. The molecule has 0 bridgehead atoms. The summed E-state index contributed by atoms with van der Waals surface area (Å²) in [7, 11) is 0. The van der Waals surface area contributed by atoms with Gasteiger partial charge in [0.2, 0.25) is 0 Å². The van der Waals surface area contributed by atoms with Crippen molar-refractivity contribution < 1.29 is 0 Å². The lowest BCUT2D eigenvalue weighted by Gasteiger charge is -2.17. The molecule has 0 radical (unpaired) electrons. The van der Waals surface area contributed by atoms with E-state index in [-0.39, 0.29) is 0 Å². The molecule has 1 aromatic rings. The van der Waals surface area contributed by atoms with Crippen molar-refractivity contribution in [2.45, 2.75) is 25.3 Å². The van der Waals surface area contributed by atoms with Gasteiger partial charge in [-0.25, -0.2) is 0 Å². The summed E-state index contributed by atoms with van der Waals surface area (Å²) in [5.74, 6) is 0.769. The highest BCUT2D eigenvalue weighted by Gasteiger charge is 2.29. The number of benzene rings is 1. The normalized spacial score (nSPS) is 28.7. The van der Waals surface area contributed by atoms with E-state index in [1.54, 1.807) is 0 Å². The Balaban J connectivity index is 1.86. The minimum absolute atomic E-state index is 0.560. The van der Waals surface area contributed by atoms with Crippen LogP contribution in [0.2, 0.25) is 0 Å². The van der Waals surface area contributed by atoms with Gasteiger partial charge < -0.3 is 0 Å². The fraction of sp³-hybridized carbons (Fsp3) is 0.357. The molecule has 1 aliphatic carbocycles. The molecule has 15 heavy (non-hydrogen) atoms. The van der Waals surface area contributed by atoms with E-state index < -0.39 is 0 Å². The molecular formula is C14H15N. The molecule has 0 saturated carbocycles. The number of aliphatic imine (C=N–C) groups is 1. The highest BCUT2D eigenvalue weighted by Crippen LogP contribution is 2.32. The van der Waals surface area contributed by atoms with Crippen molar-refractivity contribution in [2.75, 3.05) is 0 Å². The molecule has 0 unspecified atom stereocenters. The predicted octanol–water partition coefficient (Wildman–Crippen LogP) is 3.21. The zero-order valence-corrected chi connectivity index (χ0v) is 8.76. The second-order valence-corrected chi connectivity index (χ2v) is 4.42. The average molecular weight is 197 g/mol. The molecule has 1 aliphatic heterocycles. The van der Waals surface area contributed by atoms with Crippen LogP contribution < -0.4 is 0 Å². The van der Waals surface area contributed by atoms with Gasteiger partial charge in [-0.3, -0.25) is 4.99 Å². The maximum Gasteiger partial charge on any atom is 0.0572 e. The van der Waals surface area contributed by atoms with Crippen LogP contribution in [0.15, 0.2) is 47.5 Å². The topological polar surface area (TPSA) is 12.4 Å². The Labute approximate surface area is 90.5 Å². The van der Waals surface area contributed by atoms with Crippen molar-refractivity contribution in [3.63, 3.8) is 0 Å². The molecule has 0 saturated heterocycles. The van der Waals surface area contributed by atoms with Gasteiger partial charge in [0.15, 0.2) is 0 Å². The van der Waals surface area contributed by atoms with Crippen molar-refractivity contribution in [1.82, 2.24) is 0 Å². The Morgan fingerprint density at radius 1 is 1.00 bits per heavy atom. The molecule has 0 N–H and O–H groups in total. The van der Waals surface area contributed by atoms with Crippen molar-refractivity contribution in [2.24, 2.45) is 10.9 Å². The number of hydrogen-bond donors (Lipinski definition) is 0. The fourth-order valence-electron chi connectivity index (χ4n) is 2.56. The summed E-state index contributed by atoms with van der Waals surface area (Å²) < 4.78 is 0. The van der Waals surface area contributed by atoms with E-state index in [0.717, 1.165) is 12.3 Å². The SMILES string of the molecule is C1=CC[C@H]2N=C(c3ccccc3)C[C@H]2C1. The molecule has 2 aliphatic rings. The second-order valence-electron chi connectivity index (χ2n) is 4.42. The van der Waals surface area contributed by atoms with Crippen LogP contribution in [0.5, 0.6) is 0 Å². The smallest absolute Gasteiger partial charge is 0.0572 e. The van der Waals surface area contributed by atoms with Crippen LogP contribution in [0.1, 0.15) is 24.8 Å². The lowest BCUT2D eigenvalue weighted by Crippen LogP contribution is -2.15. The van der Waals surface area contributed by atoms with E-state index in [4.69, 9.17) is 4.99 Å². The third-order valence-corrected chi connectivity index (χ3v) is 3.41. The molecule has 76 valence electrons. The first-order chi connectivity index (χ1) is 7.43. The van der Waals surface area contributed by atoms with Crippen molar-refractivity contribution >= 4 is 5.71 Å². The third-order valence-electron chi connectivity index (χ3n) is 3.41. The number of hydrogen-bond acceptors (Lipinski definition) is 1. The number of allylic oxidation sites excluding steroid dienone is 1. The van der Waals surface area contributed by atoms with Crippen LogP contribution >= 0.6 is 0 Å². The van der Waals surface area contributed by atoms with Gasteiger partial charge in [0.05, 0.1) is 6.04 Å². The Hall–Kier alpha value is -1.37. The van der Waals surface area contributed by atoms with Crippen molar-refractivity contribution in [3.8, 4) is 0 Å². The van der Waals surface area contributed by atoms with Gasteiger partial charge in [-0.15, -0.1) is 0 Å². The van der Waals surface area contributed by atoms with E-state index >= 15 is 0 Å². The van der Waals surface area contributed by atoms with Gasteiger partial charge in [0.25, 0.3) is 0 Å². The molecule has 0 fully saturated rings. The first kappa shape index (κ1) is 8.90. The maximum atomic E-state index is 4.85. The highest BCUT2D eigenvalue weighted by atomic mass is 14.9. The van der Waals surface area contributed by atoms with Crippen LogP contribution in [0.3, 0.4) is 0 Å². The lowest BCUT2D eigenvalue weighted by molar-refractivity contribution is 0.455. The Bertz CT molecular complexity index is 403. The quantitative estimate of drug-likeness (QED) is 0.613. The van der Waals surface area contributed by atoms with Crippen LogP contribution in [-0.2, 0) is 0 Å². The van der Waals surface area contributed by atoms with Gasteiger partial charge in [-0.05, 0) is 30.7 Å². The molecule has 0 spiro atoms. The average Bonchev–Trinajstić information content (AvgIpc) is 2.74. The lowest BCUT2D eigenvalue weighted by atomic mass is 9.88. The number of fused-ring (bicyclic) bond motifs is 1. The van der Waals surface area contributed by atoms with Gasteiger partial charge >= 0.3 is 0 Å². The van der Waals surface area contributed by atoms with Gasteiger partial charge in [-0.1, -0.05) is 42.5 Å². The summed E-state index contributed by atoms with van der Waals surface area (Å²) in [6.07, 6.45) is 8.10. The molecule has 1 heteroatoms. The summed E-state index contributed by atoms with van der Waals surface area (Å²) in [5, 5.41) is 0. The molecule has 1 aromatic carbocycles. The molecule has 3 rings (SSSR count). The van der Waals surface area contributed by atoms with Gasteiger partial charge in [0, 0.05) is 5.71 Å². The zero-order valence-electron chi connectivity index (χ0n) is 8.76. The molecular weight excluding hydrogens is 182 g/mol. The van der Waals surface area contributed by atoms with E-state index in [9.17, 15) is 0 Å². The van der Waals surface area contributed by atoms with Gasteiger partial charge in [0.1, 0.15) is 0 Å². The Morgan fingerprint density at radius 2 is 1.80 bits per heavy atom. The van der Waals surface area contributed by atoms with E-state index in [0.29, 0.717) is 6.04 Å². The Kier molecular flexibility index (Phi) is 2.17. The first-order valence-electron chi connectivity index (χ1n) is 5.70. The minimum Gasteiger partial charge on any atom is -0.285 e. The van der Waals surface area contributed by atoms with Crippen LogP contribution in [0.25, 0.3) is 0 Å². The zero-order chi connectivity index (χ0) is 10.1. The second kappa shape index (κ2) is 3.65. The standard InChI is InChI=1S/C14H15N/c1-2-6-11(7-3-1)14-10-12-8-4-5-9-13(12)15-14/h1-7,12-13H,8-10H2/t12-,13-/m1/s1. The number of nitrogens with zero attached hydrogens (tertiary/aromatic N) is 1. The third kappa shape index (κ3) is 1.63. The summed E-state index contributed by atoms with van der Waals surface area (Å²) in [5.41, 5.74) is 2.63. The molecule has 2 atom stereocenters. The van der Waals surface area contributed by atoms with Crippen LogP contribution in [0.4, 0.5) is 0 Å². The maximum absolute atomic E-state index is 4.85. The van der Waals surface area contributed by atoms with Crippen LogP contribution in [-0.4, -0.2) is 11.8 Å². The van der Waals surface area contributed by atoms with E-state index in [2.05, 4.69) is 42.5 Å². The minimum atomic E-state index is 0.560. The molecule has 1 nitrogen and oxygen atoms in total. The van der Waals surface area contributed by atoms with Crippen molar-refractivity contribution in [3.05, 3.63) is 48.0 Å². The summed E-state index contributed by atoms with van der Waals surface area (Å²) in [6.45, 7) is 0. The monoisotopic (exact) mass is 197 g/mol. The fourth-order valence-corrected chi connectivity index (χ4v) is 2.56. The van der Waals surface area contributed by atoms with Gasteiger partial charge in [-0.2, -0.15) is 0 Å². The van der Waals surface area contributed by atoms with E-state index in [1.807, 2.05) is 0 Å². The summed E-state index contributed by atoms with van der Waals surface area (Å²) in [4.78, 5) is 4.85. The first-order valence-corrected chi connectivity index (χ1v) is 5.70.